The van der Waals surface area contributed by atoms with E-state index < -0.39 is 29.2 Å². The molecular formula is C3H6F5N4OP3. The molecule has 0 bridgehead atoms. The Kier molecular flexibility index (Phi) is 3.41. The predicted molar refractivity (Wildman–Crippen MR) is 52.0 cm³/mol. The molecule has 0 radical (unpaired) electrons. The zero-order valence-electron chi connectivity index (χ0n) is 7.93. The minimum absolute atomic E-state index is 0.0868. The lowest BCUT2D eigenvalue weighted by molar-refractivity contribution is -0.123. The molecule has 0 N–H and O–H groups in total. The fourth-order valence-corrected chi connectivity index (χ4v) is 6.70. The second-order valence-electron chi connectivity index (χ2n) is 2.72. The molecule has 1 heterocycles. The van der Waals surface area contributed by atoms with E-state index in [1.54, 1.807) is 0 Å². The number of hydrogen-bond acceptors (Lipinski definition) is 4. The van der Waals surface area contributed by atoms with E-state index in [0.29, 0.717) is 0 Å². The molecule has 0 aromatic rings. The van der Waals surface area contributed by atoms with E-state index in [4.69, 9.17) is 0 Å². The van der Waals surface area contributed by atoms with E-state index in [1.807, 2.05) is 4.52 Å². The molecule has 16 heavy (non-hydrogen) atoms. The second kappa shape index (κ2) is 3.93. The fourth-order valence-electron chi connectivity index (χ4n) is 0.756. The molecule has 94 valence electrons. The van der Waals surface area contributed by atoms with Crippen molar-refractivity contribution in [1.29, 1.82) is 0 Å². The van der Waals surface area contributed by atoms with Crippen LogP contribution in [0.25, 0.3) is 0 Å². The van der Waals surface area contributed by atoms with Crippen LogP contribution in [0.4, 0.5) is 21.0 Å². The Morgan fingerprint density at radius 3 is 1.81 bits per heavy atom. The summed E-state index contributed by atoms with van der Waals surface area (Å²) in [5, 5.41) is 0. The maximum Gasteiger partial charge on any atom is 0.424 e. The number of rotatable bonds is 1. The van der Waals surface area contributed by atoms with Gasteiger partial charge in [-0.2, -0.15) is 4.20 Å². The lowest BCUT2D eigenvalue weighted by atomic mass is 10.7. The van der Waals surface area contributed by atoms with Gasteiger partial charge in [-0.3, -0.25) is 9.46 Å². The molecule has 1 amide bonds. The minimum Gasteiger partial charge on any atom is -0.275 e. The molecular weight excluding hydrogens is 296 g/mol. The third-order valence-electron chi connectivity index (χ3n) is 1.50. The third-order valence-corrected chi connectivity index (χ3v) is 7.81. The highest BCUT2D eigenvalue weighted by atomic mass is 31.3. The summed E-state index contributed by atoms with van der Waals surface area (Å²) in [6, 6.07) is 0. The molecule has 0 aliphatic carbocycles. The molecule has 1 unspecified atom stereocenters. The molecule has 1 aliphatic heterocycles. The lowest BCUT2D eigenvalue weighted by Crippen LogP contribution is -2.18. The Bertz CT molecular complexity index is 482. The first-order chi connectivity index (χ1) is 6.98. The fraction of sp³-hybridized carbons (Fsp3) is 0.667. The molecule has 1 aliphatic rings. The Morgan fingerprint density at radius 2 is 1.44 bits per heavy atom. The van der Waals surface area contributed by atoms with Crippen LogP contribution in [0.5, 0.6) is 0 Å². The summed E-state index contributed by atoms with van der Waals surface area (Å²) in [5.41, 5.74) is 0. The SMILES string of the molecule is CC(=O)N(C)P1(F)=NP(F)(F)=NP(F)(F)=N1. The van der Waals surface area contributed by atoms with E-state index >= 15 is 0 Å². The summed E-state index contributed by atoms with van der Waals surface area (Å²) < 4.78 is 71.2. The van der Waals surface area contributed by atoms with Gasteiger partial charge in [0.25, 0.3) is 0 Å². The zero-order valence-corrected chi connectivity index (χ0v) is 10.6. The number of amides is 1. The molecule has 13 heteroatoms. The minimum atomic E-state index is -5.74. The van der Waals surface area contributed by atoms with Crippen LogP contribution in [0.3, 0.4) is 0 Å². The highest BCUT2D eigenvalue weighted by Gasteiger charge is 2.42. The standard InChI is InChI=1S/C3H6F5N4OP3/c1-3(13)12(2)16(8)10-14(4,5)9-15(6,7)11-16/h1-2H3. The van der Waals surface area contributed by atoms with Crippen molar-refractivity contribution in [2.45, 2.75) is 6.92 Å². The van der Waals surface area contributed by atoms with Crippen LogP contribution in [-0.2, 0) is 4.79 Å². The van der Waals surface area contributed by atoms with Crippen LogP contribution in [0.1, 0.15) is 6.92 Å². The van der Waals surface area contributed by atoms with E-state index in [0.717, 1.165) is 14.0 Å². The normalized spacial score (nSPS) is 30.7. The number of halogens is 5. The topological polar surface area (TPSA) is 57.4 Å². The average molecular weight is 302 g/mol. The monoisotopic (exact) mass is 302 g/mol. The first-order valence-electron chi connectivity index (χ1n) is 3.62. The van der Waals surface area contributed by atoms with E-state index in [1.165, 1.54) is 0 Å². The van der Waals surface area contributed by atoms with Crippen LogP contribution in [-0.4, -0.2) is 17.6 Å². The quantitative estimate of drug-likeness (QED) is 0.487. The van der Waals surface area contributed by atoms with E-state index in [9.17, 15) is 25.8 Å². The second-order valence-corrected chi connectivity index (χ2v) is 8.28. The summed E-state index contributed by atoms with van der Waals surface area (Å²) >= 11 is 0. The van der Waals surface area contributed by atoms with Gasteiger partial charge < -0.3 is 0 Å². The summed E-state index contributed by atoms with van der Waals surface area (Å²) in [6.07, 6.45) is 0. The summed E-state index contributed by atoms with van der Waals surface area (Å²) in [7, 11) is -15.7. The van der Waals surface area contributed by atoms with Gasteiger partial charge in [0.2, 0.25) is 5.91 Å². The van der Waals surface area contributed by atoms with Crippen molar-refractivity contribution >= 4 is 29.2 Å². The van der Waals surface area contributed by atoms with Gasteiger partial charge in [0.1, 0.15) is 0 Å². The van der Waals surface area contributed by atoms with Crippen LogP contribution in [0.15, 0.2) is 13.5 Å². The van der Waals surface area contributed by atoms with Crippen molar-refractivity contribution in [1.82, 2.24) is 4.67 Å². The van der Waals surface area contributed by atoms with Gasteiger partial charge in [-0.25, -0.2) is 0 Å². The van der Waals surface area contributed by atoms with Crippen molar-refractivity contribution in [3.8, 4) is 0 Å². The van der Waals surface area contributed by atoms with Gasteiger partial charge in [0.15, 0.2) is 0 Å². The number of nitrogens with zero attached hydrogens (tertiary/aromatic N) is 4. The summed E-state index contributed by atoms with van der Waals surface area (Å²) in [6.45, 7) is 0.839. The number of carbonyl (C=O) groups excluding carboxylic acids is 1. The molecule has 1 rings (SSSR count). The van der Waals surface area contributed by atoms with Gasteiger partial charge in [-0.15, -0.1) is 30.3 Å². The first kappa shape index (κ1) is 13.9. The van der Waals surface area contributed by atoms with Crippen molar-refractivity contribution in [2.75, 3.05) is 7.05 Å². The van der Waals surface area contributed by atoms with Crippen molar-refractivity contribution in [3.63, 3.8) is 0 Å². The van der Waals surface area contributed by atoms with Gasteiger partial charge in [0.05, 0.1) is 0 Å². The predicted octanol–water partition coefficient (Wildman–Crippen LogP) is 5.16. The molecule has 0 aromatic carbocycles. The van der Waals surface area contributed by atoms with E-state index in [-0.39, 0.29) is 4.67 Å². The maximum absolute atomic E-state index is 13.7. The Hall–Kier alpha value is -0.190. The Morgan fingerprint density at radius 1 is 1.00 bits per heavy atom. The Labute approximate surface area is 88.0 Å². The van der Waals surface area contributed by atoms with Crippen LogP contribution >= 0.6 is 23.3 Å². The Balaban J connectivity index is 3.49. The van der Waals surface area contributed by atoms with Crippen LogP contribution in [0.2, 0.25) is 0 Å². The van der Waals surface area contributed by atoms with Gasteiger partial charge in [-0.1, -0.05) is 0 Å². The zero-order chi connectivity index (χ0) is 12.8. The van der Waals surface area contributed by atoms with Crippen molar-refractivity contribution in [2.24, 2.45) is 13.5 Å². The van der Waals surface area contributed by atoms with Gasteiger partial charge >= 0.3 is 23.3 Å². The summed E-state index contributed by atoms with van der Waals surface area (Å²) in [5.74, 6) is -1.01. The largest absolute Gasteiger partial charge is 0.424 e. The summed E-state index contributed by atoms with van der Waals surface area (Å²) in [4.78, 5) is 10.8. The molecule has 1 atom stereocenters. The van der Waals surface area contributed by atoms with Gasteiger partial charge in [0, 0.05) is 14.0 Å². The molecule has 0 saturated carbocycles. The molecule has 5 nitrogen and oxygen atoms in total. The van der Waals surface area contributed by atoms with Gasteiger partial charge in [-0.05, 0) is 0 Å². The van der Waals surface area contributed by atoms with Crippen LogP contribution in [0, 0.1) is 0 Å². The third kappa shape index (κ3) is 2.93. The number of hydrogen-bond donors (Lipinski definition) is 0. The molecule has 0 saturated heterocycles. The molecule has 0 fully saturated rings. The maximum atomic E-state index is 13.7. The van der Waals surface area contributed by atoms with Crippen molar-refractivity contribution < 1.29 is 25.8 Å². The highest BCUT2D eigenvalue weighted by molar-refractivity contribution is 7.78. The smallest absolute Gasteiger partial charge is 0.275 e. The highest BCUT2D eigenvalue weighted by Crippen LogP contribution is 2.82. The average Bonchev–Trinajstić information content (AvgIpc) is 1.95. The van der Waals surface area contributed by atoms with Crippen molar-refractivity contribution in [3.05, 3.63) is 0 Å². The van der Waals surface area contributed by atoms with E-state index in [2.05, 4.69) is 9.03 Å². The van der Waals surface area contributed by atoms with Crippen LogP contribution < -0.4 is 0 Å². The molecule has 0 aromatic heterocycles. The first-order valence-corrected chi connectivity index (χ1v) is 8.11. The number of carbonyl (C=O) groups is 1. The molecule has 0 spiro atoms. The lowest BCUT2D eigenvalue weighted by Gasteiger charge is -2.23.